The lowest BCUT2D eigenvalue weighted by Crippen LogP contribution is -2.04. The highest BCUT2D eigenvalue weighted by Crippen LogP contribution is 2.28. The Labute approximate surface area is 161 Å². The van der Waals surface area contributed by atoms with Crippen LogP contribution in [0.1, 0.15) is 10.4 Å². The van der Waals surface area contributed by atoms with E-state index in [1.807, 2.05) is 24.3 Å². The van der Waals surface area contributed by atoms with Gasteiger partial charge in [0.05, 0.1) is 36.2 Å². The van der Waals surface area contributed by atoms with Crippen LogP contribution in [0.15, 0.2) is 54.7 Å². The minimum absolute atomic E-state index is 0.318. The molecule has 7 nitrogen and oxygen atoms in total. The van der Waals surface area contributed by atoms with Crippen molar-refractivity contribution in [2.24, 2.45) is 0 Å². The van der Waals surface area contributed by atoms with Gasteiger partial charge in [-0.3, -0.25) is 0 Å². The lowest BCUT2D eigenvalue weighted by molar-refractivity contribution is 0.0601. The van der Waals surface area contributed by atoms with Crippen molar-refractivity contribution >= 4 is 40.7 Å². The number of aromatic nitrogens is 2. The first-order chi connectivity index (χ1) is 13.1. The predicted molar refractivity (Wildman–Crippen MR) is 104 cm³/mol. The number of esters is 1. The highest BCUT2D eigenvalue weighted by molar-refractivity contribution is 6.33. The molecule has 0 saturated heterocycles. The number of ether oxygens (including phenoxy) is 2. The van der Waals surface area contributed by atoms with E-state index < -0.39 is 5.97 Å². The number of para-hydroxylation sites is 2. The third-order valence-corrected chi connectivity index (χ3v) is 3.99. The summed E-state index contributed by atoms with van der Waals surface area (Å²) in [5, 5.41) is 6.62. The largest absolute Gasteiger partial charge is 0.495 e. The second-order valence-electron chi connectivity index (χ2n) is 5.40. The van der Waals surface area contributed by atoms with Gasteiger partial charge in [-0.25, -0.2) is 9.78 Å². The van der Waals surface area contributed by atoms with Gasteiger partial charge in [-0.2, -0.15) is 4.98 Å². The lowest BCUT2D eigenvalue weighted by Gasteiger charge is -2.12. The van der Waals surface area contributed by atoms with Crippen LogP contribution >= 0.6 is 11.6 Å². The van der Waals surface area contributed by atoms with Gasteiger partial charge in [0.1, 0.15) is 11.6 Å². The minimum Gasteiger partial charge on any atom is -0.495 e. The summed E-state index contributed by atoms with van der Waals surface area (Å²) in [6, 6.07) is 14.0. The molecule has 0 unspecified atom stereocenters. The highest BCUT2D eigenvalue weighted by Gasteiger charge is 2.11. The Bertz CT molecular complexity index is 965. The van der Waals surface area contributed by atoms with Crippen LogP contribution in [0.4, 0.5) is 23.1 Å². The van der Waals surface area contributed by atoms with Gasteiger partial charge in [-0.15, -0.1) is 0 Å². The molecule has 0 radical (unpaired) electrons. The smallest absolute Gasteiger partial charge is 0.337 e. The molecular weight excluding hydrogens is 368 g/mol. The highest BCUT2D eigenvalue weighted by atomic mass is 35.5. The maximum absolute atomic E-state index is 11.7. The van der Waals surface area contributed by atoms with Gasteiger partial charge in [-0.1, -0.05) is 23.7 Å². The number of rotatable bonds is 6. The SMILES string of the molecule is COC(=O)c1ccc(Cl)c(Nc2nccc(Nc3ccccc3OC)n2)c1. The molecule has 1 heterocycles. The van der Waals surface area contributed by atoms with Crippen LogP contribution < -0.4 is 15.4 Å². The van der Waals surface area contributed by atoms with Crippen LogP contribution in [0.2, 0.25) is 5.02 Å². The topological polar surface area (TPSA) is 85.4 Å². The fourth-order valence-corrected chi connectivity index (χ4v) is 2.53. The summed E-state index contributed by atoms with van der Waals surface area (Å²) in [5.41, 5.74) is 1.64. The molecule has 2 N–H and O–H groups in total. The molecular formula is C19H17ClN4O3. The molecule has 0 amide bonds. The summed E-state index contributed by atoms with van der Waals surface area (Å²) < 4.78 is 10.0. The molecule has 0 fully saturated rings. The van der Waals surface area contributed by atoms with Crippen molar-refractivity contribution in [3.63, 3.8) is 0 Å². The summed E-state index contributed by atoms with van der Waals surface area (Å²) in [7, 11) is 2.92. The second-order valence-corrected chi connectivity index (χ2v) is 5.81. The summed E-state index contributed by atoms with van der Waals surface area (Å²) in [6.07, 6.45) is 1.60. The third-order valence-electron chi connectivity index (χ3n) is 3.66. The Kier molecular flexibility index (Phi) is 5.73. The number of hydrogen-bond donors (Lipinski definition) is 2. The van der Waals surface area contributed by atoms with Crippen molar-refractivity contribution in [3.05, 3.63) is 65.3 Å². The Morgan fingerprint density at radius 3 is 2.63 bits per heavy atom. The number of halogens is 1. The number of carbonyl (C=O) groups is 1. The molecule has 0 aliphatic heterocycles. The number of carbonyl (C=O) groups excluding carboxylic acids is 1. The summed E-state index contributed by atoms with van der Waals surface area (Å²) in [4.78, 5) is 20.3. The average molecular weight is 385 g/mol. The molecule has 0 spiro atoms. The fraction of sp³-hybridized carbons (Fsp3) is 0.105. The number of nitrogens with zero attached hydrogens (tertiary/aromatic N) is 2. The second kappa shape index (κ2) is 8.37. The summed E-state index contributed by atoms with van der Waals surface area (Å²) in [5.74, 6) is 1.12. The van der Waals surface area contributed by atoms with Crippen LogP contribution in [-0.4, -0.2) is 30.2 Å². The van der Waals surface area contributed by atoms with Crippen molar-refractivity contribution < 1.29 is 14.3 Å². The predicted octanol–water partition coefficient (Wildman–Crippen LogP) is 4.41. The van der Waals surface area contributed by atoms with E-state index in [4.69, 9.17) is 21.1 Å². The minimum atomic E-state index is -0.456. The van der Waals surface area contributed by atoms with Gasteiger partial charge in [0.15, 0.2) is 0 Å². The van der Waals surface area contributed by atoms with E-state index in [0.717, 1.165) is 5.69 Å². The number of anilines is 4. The van der Waals surface area contributed by atoms with Crippen LogP contribution in [0.5, 0.6) is 5.75 Å². The van der Waals surface area contributed by atoms with E-state index in [1.165, 1.54) is 7.11 Å². The molecule has 0 bridgehead atoms. The zero-order valence-corrected chi connectivity index (χ0v) is 15.4. The van der Waals surface area contributed by atoms with Gasteiger partial charge in [0.2, 0.25) is 5.95 Å². The van der Waals surface area contributed by atoms with E-state index in [2.05, 4.69) is 20.6 Å². The number of hydrogen-bond acceptors (Lipinski definition) is 7. The van der Waals surface area contributed by atoms with Crippen molar-refractivity contribution in [2.45, 2.75) is 0 Å². The molecule has 0 aliphatic carbocycles. The normalized spacial score (nSPS) is 10.2. The standard InChI is InChI=1S/C19H17ClN4O3/c1-26-16-6-4-3-5-14(16)22-17-9-10-21-19(24-17)23-15-11-12(18(25)27-2)7-8-13(15)20/h3-11H,1-2H3,(H2,21,22,23,24). The maximum atomic E-state index is 11.7. The van der Waals surface area contributed by atoms with Gasteiger partial charge < -0.3 is 20.1 Å². The number of benzene rings is 2. The molecule has 3 rings (SSSR count). The molecule has 27 heavy (non-hydrogen) atoms. The first-order valence-corrected chi connectivity index (χ1v) is 8.36. The Balaban J connectivity index is 1.83. The third kappa shape index (κ3) is 4.45. The summed E-state index contributed by atoms with van der Waals surface area (Å²) >= 11 is 6.20. The molecule has 0 atom stereocenters. The molecule has 3 aromatic rings. The van der Waals surface area contributed by atoms with Crippen LogP contribution in [0.25, 0.3) is 0 Å². The van der Waals surface area contributed by atoms with Crippen LogP contribution in [-0.2, 0) is 4.74 Å². The van der Waals surface area contributed by atoms with Gasteiger partial charge in [0, 0.05) is 6.20 Å². The van der Waals surface area contributed by atoms with E-state index in [0.29, 0.717) is 33.8 Å². The van der Waals surface area contributed by atoms with E-state index in [-0.39, 0.29) is 0 Å². The van der Waals surface area contributed by atoms with E-state index >= 15 is 0 Å². The average Bonchev–Trinajstić information content (AvgIpc) is 2.70. The zero-order valence-electron chi connectivity index (χ0n) is 14.7. The van der Waals surface area contributed by atoms with Crippen LogP contribution in [0, 0.1) is 0 Å². The van der Waals surface area contributed by atoms with E-state index in [1.54, 1.807) is 37.6 Å². The Morgan fingerprint density at radius 2 is 1.85 bits per heavy atom. The molecule has 2 aromatic carbocycles. The Morgan fingerprint density at radius 1 is 1.04 bits per heavy atom. The van der Waals surface area contributed by atoms with Gasteiger partial charge in [0.25, 0.3) is 0 Å². The summed E-state index contributed by atoms with van der Waals surface area (Å²) in [6.45, 7) is 0. The first kappa shape index (κ1) is 18.5. The molecule has 0 aliphatic rings. The molecule has 138 valence electrons. The molecule has 1 aromatic heterocycles. The zero-order chi connectivity index (χ0) is 19.2. The lowest BCUT2D eigenvalue weighted by atomic mass is 10.2. The van der Waals surface area contributed by atoms with Crippen molar-refractivity contribution in [1.29, 1.82) is 0 Å². The van der Waals surface area contributed by atoms with Gasteiger partial charge in [-0.05, 0) is 36.4 Å². The number of nitrogens with one attached hydrogen (secondary N) is 2. The van der Waals surface area contributed by atoms with Crippen molar-refractivity contribution in [3.8, 4) is 5.75 Å². The monoisotopic (exact) mass is 384 g/mol. The van der Waals surface area contributed by atoms with Crippen molar-refractivity contribution in [2.75, 3.05) is 24.9 Å². The number of methoxy groups -OCH3 is 2. The fourth-order valence-electron chi connectivity index (χ4n) is 2.36. The first-order valence-electron chi connectivity index (χ1n) is 7.98. The molecule has 8 heteroatoms. The quantitative estimate of drug-likeness (QED) is 0.608. The maximum Gasteiger partial charge on any atom is 0.337 e. The van der Waals surface area contributed by atoms with Gasteiger partial charge >= 0.3 is 5.97 Å². The molecule has 0 saturated carbocycles. The van der Waals surface area contributed by atoms with Crippen molar-refractivity contribution in [1.82, 2.24) is 9.97 Å². The van der Waals surface area contributed by atoms with E-state index in [9.17, 15) is 4.79 Å². The van der Waals surface area contributed by atoms with Crippen LogP contribution in [0.3, 0.4) is 0 Å². The Hall–Kier alpha value is -3.32.